The number of nitrogen functional groups attached to an aromatic ring is 1. The van der Waals surface area contributed by atoms with Gasteiger partial charge in [0.15, 0.2) is 5.78 Å². The van der Waals surface area contributed by atoms with Gasteiger partial charge in [-0.15, -0.1) is 0 Å². The number of anilines is 2. The van der Waals surface area contributed by atoms with Gasteiger partial charge in [0.25, 0.3) is 5.91 Å². The van der Waals surface area contributed by atoms with Gasteiger partial charge in [0.1, 0.15) is 11.6 Å². The van der Waals surface area contributed by atoms with E-state index in [1.807, 2.05) is 0 Å². The molecule has 1 amide bonds. The summed E-state index contributed by atoms with van der Waals surface area (Å²) in [6, 6.07) is 5.83. The fourth-order valence-electron chi connectivity index (χ4n) is 3.65. The number of carbonyl (C=O) groups is 2. The summed E-state index contributed by atoms with van der Waals surface area (Å²) >= 11 is 9.42. The number of rotatable bonds is 4. The van der Waals surface area contributed by atoms with Gasteiger partial charge in [-0.05, 0) is 65.3 Å². The van der Waals surface area contributed by atoms with E-state index in [0.29, 0.717) is 28.7 Å². The maximum absolute atomic E-state index is 13.9. The lowest BCUT2D eigenvalue weighted by atomic mass is 9.99. The number of H-pyrrole nitrogens is 1. The van der Waals surface area contributed by atoms with E-state index in [-0.39, 0.29) is 38.1 Å². The summed E-state index contributed by atoms with van der Waals surface area (Å²) in [5.41, 5.74) is 4.71. The van der Waals surface area contributed by atoms with Gasteiger partial charge in [-0.1, -0.05) is 11.6 Å². The van der Waals surface area contributed by atoms with Gasteiger partial charge in [-0.25, -0.2) is 8.78 Å². The number of aryl methyl sites for hydroxylation is 1. The van der Waals surface area contributed by atoms with Crippen molar-refractivity contribution in [2.45, 2.75) is 13.1 Å². The third-order valence-electron chi connectivity index (χ3n) is 5.41. The van der Waals surface area contributed by atoms with Crippen LogP contribution in [0.3, 0.4) is 0 Å². The molecule has 36 heavy (non-hydrogen) atoms. The normalized spacial score (nSPS) is 11.7. The van der Waals surface area contributed by atoms with Crippen molar-refractivity contribution in [1.29, 1.82) is 0 Å². The molecule has 1 aromatic heterocycles. The Balaban J connectivity index is 1.90. The van der Waals surface area contributed by atoms with Crippen LogP contribution in [0, 0.1) is 18.6 Å². The SMILES string of the molecule is Cc1[nH]c2c(Br)c(C(=O)c3cc(F)ccc3Cl)c(NC(=O)c3cc(F)cc(C(F)(F)F)c3)cc2c1N. The van der Waals surface area contributed by atoms with Gasteiger partial charge in [-0.3, -0.25) is 9.59 Å². The summed E-state index contributed by atoms with van der Waals surface area (Å²) in [6.07, 6.45) is -4.90. The summed E-state index contributed by atoms with van der Waals surface area (Å²) in [7, 11) is 0. The highest BCUT2D eigenvalue weighted by Crippen LogP contribution is 2.39. The predicted octanol–water partition coefficient (Wildman–Crippen LogP) is 7.25. The number of halogens is 7. The van der Waals surface area contributed by atoms with Crippen LogP contribution in [0.15, 0.2) is 46.9 Å². The Morgan fingerprint density at radius 1 is 1.06 bits per heavy atom. The van der Waals surface area contributed by atoms with Crippen LogP contribution in [0.2, 0.25) is 5.02 Å². The number of carbonyl (C=O) groups excluding carboxylic acids is 2. The van der Waals surface area contributed by atoms with Crippen LogP contribution in [0.4, 0.5) is 33.3 Å². The smallest absolute Gasteiger partial charge is 0.397 e. The van der Waals surface area contributed by atoms with Crippen LogP contribution in [0.1, 0.15) is 37.5 Å². The molecule has 0 unspecified atom stereocenters. The maximum atomic E-state index is 13.9. The minimum absolute atomic E-state index is 0.0761. The first-order valence-corrected chi connectivity index (χ1v) is 11.2. The number of amides is 1. The summed E-state index contributed by atoms with van der Waals surface area (Å²) in [5.74, 6) is -3.95. The number of alkyl halides is 3. The molecule has 4 rings (SSSR count). The van der Waals surface area contributed by atoms with Crippen molar-refractivity contribution in [3.8, 4) is 0 Å². The van der Waals surface area contributed by atoms with Crippen LogP contribution < -0.4 is 11.1 Å². The lowest BCUT2D eigenvalue weighted by molar-refractivity contribution is -0.137. The van der Waals surface area contributed by atoms with Gasteiger partial charge in [0, 0.05) is 22.2 Å². The van der Waals surface area contributed by atoms with Crippen LogP contribution >= 0.6 is 27.5 Å². The van der Waals surface area contributed by atoms with Gasteiger partial charge in [0.2, 0.25) is 0 Å². The summed E-state index contributed by atoms with van der Waals surface area (Å²) < 4.78 is 67.3. The number of fused-ring (bicyclic) bond motifs is 1. The van der Waals surface area contributed by atoms with Crippen LogP contribution in [-0.4, -0.2) is 16.7 Å². The van der Waals surface area contributed by atoms with Crippen molar-refractivity contribution in [3.63, 3.8) is 0 Å². The number of nitrogens with two attached hydrogens (primary N) is 1. The number of hydrogen-bond donors (Lipinski definition) is 3. The van der Waals surface area contributed by atoms with E-state index in [1.54, 1.807) is 6.92 Å². The molecule has 1 heterocycles. The fraction of sp³-hybridized carbons (Fsp3) is 0.0833. The molecule has 0 aliphatic heterocycles. The van der Waals surface area contributed by atoms with Crippen molar-refractivity contribution >= 4 is 61.5 Å². The average Bonchev–Trinajstić information content (AvgIpc) is 3.08. The summed E-state index contributed by atoms with van der Waals surface area (Å²) in [5, 5.41) is 2.66. The Morgan fingerprint density at radius 3 is 2.42 bits per heavy atom. The van der Waals surface area contributed by atoms with E-state index >= 15 is 0 Å². The Labute approximate surface area is 213 Å². The summed E-state index contributed by atoms with van der Waals surface area (Å²) in [6.45, 7) is 1.66. The van der Waals surface area contributed by atoms with Crippen LogP contribution in [0.25, 0.3) is 10.9 Å². The largest absolute Gasteiger partial charge is 0.416 e. The second-order valence-electron chi connectivity index (χ2n) is 7.83. The van der Waals surface area contributed by atoms with E-state index in [4.69, 9.17) is 17.3 Å². The monoisotopic (exact) mass is 585 g/mol. The molecule has 4 aromatic rings. The predicted molar refractivity (Wildman–Crippen MR) is 129 cm³/mol. The van der Waals surface area contributed by atoms with Crippen molar-refractivity contribution in [3.05, 3.63) is 91.5 Å². The third kappa shape index (κ3) is 4.68. The lowest BCUT2D eigenvalue weighted by Gasteiger charge is -2.15. The molecule has 12 heteroatoms. The topological polar surface area (TPSA) is 88.0 Å². The third-order valence-corrected chi connectivity index (χ3v) is 6.53. The highest BCUT2D eigenvalue weighted by atomic mass is 79.9. The molecule has 0 saturated carbocycles. The van der Waals surface area contributed by atoms with Gasteiger partial charge < -0.3 is 16.0 Å². The number of ketones is 1. The second kappa shape index (κ2) is 9.21. The number of nitrogens with one attached hydrogen (secondary N) is 2. The number of hydrogen-bond acceptors (Lipinski definition) is 3. The average molecular weight is 587 g/mol. The molecule has 0 saturated heterocycles. The van der Waals surface area contributed by atoms with Crippen molar-refractivity contribution < 1.29 is 31.5 Å². The first kappa shape index (κ1) is 25.6. The standard InChI is InChI=1S/C24H14BrClF5N3O2/c1-9-20(32)15-8-17(34-23(36)10-4-11(24(29,30)31)6-13(28)5-10)18(19(25)21(15)33-9)22(35)14-7-12(27)2-3-16(14)26/h2-8,33H,32H2,1H3,(H,34,36). The quantitative estimate of drug-likeness (QED) is 0.174. The molecule has 0 aliphatic carbocycles. The molecular formula is C24H14BrClF5N3O2. The molecule has 186 valence electrons. The molecule has 3 aromatic carbocycles. The summed E-state index contributed by atoms with van der Waals surface area (Å²) in [4.78, 5) is 29.4. The van der Waals surface area contributed by atoms with E-state index < -0.39 is 40.6 Å². The molecular weight excluding hydrogens is 573 g/mol. The highest BCUT2D eigenvalue weighted by molar-refractivity contribution is 9.10. The highest BCUT2D eigenvalue weighted by Gasteiger charge is 2.32. The van der Waals surface area contributed by atoms with Crippen molar-refractivity contribution in [1.82, 2.24) is 4.98 Å². The molecule has 0 fully saturated rings. The first-order chi connectivity index (χ1) is 16.8. The minimum atomic E-state index is -4.90. The van der Waals surface area contributed by atoms with Crippen molar-refractivity contribution in [2.24, 2.45) is 0 Å². The first-order valence-electron chi connectivity index (χ1n) is 10.1. The van der Waals surface area contributed by atoms with Crippen LogP contribution in [-0.2, 0) is 6.18 Å². The molecule has 0 bridgehead atoms. The lowest BCUT2D eigenvalue weighted by Crippen LogP contribution is -2.17. The minimum Gasteiger partial charge on any atom is -0.397 e. The fourth-order valence-corrected chi connectivity index (χ4v) is 4.56. The molecule has 0 spiro atoms. The Kier molecular flexibility index (Phi) is 6.56. The molecule has 0 aliphatic rings. The molecule has 0 atom stereocenters. The van der Waals surface area contributed by atoms with E-state index in [9.17, 15) is 31.5 Å². The van der Waals surface area contributed by atoms with Gasteiger partial charge in [-0.2, -0.15) is 13.2 Å². The molecule has 0 radical (unpaired) electrons. The zero-order chi connectivity index (χ0) is 26.5. The molecule has 4 N–H and O–H groups in total. The van der Waals surface area contributed by atoms with E-state index in [2.05, 4.69) is 26.2 Å². The van der Waals surface area contributed by atoms with Gasteiger partial charge in [0.05, 0.1) is 37.5 Å². The number of aromatic amines is 1. The van der Waals surface area contributed by atoms with E-state index in [1.165, 1.54) is 12.1 Å². The van der Waals surface area contributed by atoms with Crippen LogP contribution in [0.5, 0.6) is 0 Å². The maximum Gasteiger partial charge on any atom is 0.416 e. The zero-order valence-electron chi connectivity index (χ0n) is 18.1. The number of aromatic nitrogens is 1. The Hall–Kier alpha value is -3.44. The Bertz CT molecular complexity index is 1570. The number of benzene rings is 3. The van der Waals surface area contributed by atoms with E-state index in [0.717, 1.165) is 12.1 Å². The Morgan fingerprint density at radius 2 is 1.75 bits per heavy atom. The second-order valence-corrected chi connectivity index (χ2v) is 9.03. The molecule has 5 nitrogen and oxygen atoms in total. The van der Waals surface area contributed by atoms with Gasteiger partial charge >= 0.3 is 6.18 Å². The van der Waals surface area contributed by atoms with Crippen molar-refractivity contribution in [2.75, 3.05) is 11.1 Å². The zero-order valence-corrected chi connectivity index (χ0v) is 20.4.